The number of carbonyl (C=O) groups excluding carboxylic acids is 2. The van der Waals surface area contributed by atoms with Crippen molar-refractivity contribution in [2.75, 3.05) is 13.1 Å². The zero-order chi connectivity index (χ0) is 19.3. The summed E-state index contributed by atoms with van der Waals surface area (Å²) in [5.41, 5.74) is -0.115. The van der Waals surface area contributed by atoms with E-state index in [0.717, 1.165) is 0 Å². The first-order chi connectivity index (χ1) is 12.3. The summed E-state index contributed by atoms with van der Waals surface area (Å²) in [5.74, 6) is -3.04. The predicted molar refractivity (Wildman–Crippen MR) is 86.9 cm³/mol. The van der Waals surface area contributed by atoms with Gasteiger partial charge in [0.1, 0.15) is 5.75 Å². The fraction of sp³-hybridized carbons (Fsp3) is 0.471. The third-order valence-electron chi connectivity index (χ3n) is 4.30. The van der Waals surface area contributed by atoms with E-state index in [4.69, 9.17) is 5.11 Å². The van der Waals surface area contributed by atoms with Gasteiger partial charge < -0.3 is 20.1 Å². The van der Waals surface area contributed by atoms with E-state index in [2.05, 4.69) is 10.1 Å². The van der Waals surface area contributed by atoms with E-state index in [0.29, 0.717) is 12.8 Å². The van der Waals surface area contributed by atoms with Gasteiger partial charge in [-0.1, -0.05) is 12.1 Å². The molecule has 0 bridgehead atoms. The van der Waals surface area contributed by atoms with Crippen molar-refractivity contribution in [3.05, 3.63) is 29.8 Å². The Morgan fingerprint density at radius 2 is 2.00 bits per heavy atom. The van der Waals surface area contributed by atoms with E-state index >= 15 is 0 Å². The standard InChI is InChI=1S/C17H20F2N2O5/c1-10-6-7-11(16(24)25)9-21(10)14(22)8-20-15(23)12-4-2-3-5-13(12)26-17(18)19/h2-5,10-11,17H,6-9H2,1H3,(H,20,23)(H,24,25). The van der Waals surface area contributed by atoms with Crippen LogP contribution in [0, 0.1) is 5.92 Å². The number of amides is 2. The smallest absolute Gasteiger partial charge is 0.387 e. The number of carboxylic acid groups (broad SMARTS) is 1. The summed E-state index contributed by atoms with van der Waals surface area (Å²) >= 11 is 0. The van der Waals surface area contributed by atoms with Crippen molar-refractivity contribution in [3.8, 4) is 5.75 Å². The van der Waals surface area contributed by atoms with Crippen LogP contribution in [0.4, 0.5) is 8.78 Å². The van der Waals surface area contributed by atoms with Crippen LogP contribution in [-0.4, -0.2) is 53.5 Å². The molecule has 1 saturated heterocycles. The average molecular weight is 370 g/mol. The summed E-state index contributed by atoms with van der Waals surface area (Å²) in [4.78, 5) is 37.1. The molecule has 0 saturated carbocycles. The van der Waals surface area contributed by atoms with Gasteiger partial charge in [0.2, 0.25) is 5.91 Å². The first-order valence-corrected chi connectivity index (χ1v) is 8.14. The van der Waals surface area contributed by atoms with Gasteiger partial charge in [0.15, 0.2) is 0 Å². The summed E-state index contributed by atoms with van der Waals surface area (Å²) in [6, 6.07) is 5.33. The molecule has 1 aromatic carbocycles. The van der Waals surface area contributed by atoms with Crippen molar-refractivity contribution in [3.63, 3.8) is 0 Å². The number of benzene rings is 1. The highest BCUT2D eigenvalue weighted by Crippen LogP contribution is 2.22. The van der Waals surface area contributed by atoms with Crippen molar-refractivity contribution in [1.82, 2.24) is 10.2 Å². The molecule has 9 heteroatoms. The number of carbonyl (C=O) groups is 3. The minimum absolute atomic E-state index is 0.0796. The zero-order valence-electron chi connectivity index (χ0n) is 14.2. The number of alkyl halides is 2. The van der Waals surface area contributed by atoms with Crippen LogP contribution in [-0.2, 0) is 9.59 Å². The second-order valence-corrected chi connectivity index (χ2v) is 6.06. The number of aliphatic carboxylic acids is 1. The molecular weight excluding hydrogens is 350 g/mol. The van der Waals surface area contributed by atoms with Gasteiger partial charge in [-0.3, -0.25) is 14.4 Å². The van der Waals surface area contributed by atoms with Gasteiger partial charge in [-0.15, -0.1) is 0 Å². The molecule has 1 heterocycles. The van der Waals surface area contributed by atoms with Gasteiger partial charge in [-0.05, 0) is 31.9 Å². The van der Waals surface area contributed by atoms with Gasteiger partial charge in [-0.25, -0.2) is 0 Å². The number of ether oxygens (including phenoxy) is 1. The first-order valence-electron chi connectivity index (χ1n) is 8.14. The fourth-order valence-electron chi connectivity index (χ4n) is 2.86. The topological polar surface area (TPSA) is 95.9 Å². The molecule has 0 spiro atoms. The number of nitrogens with zero attached hydrogens (tertiary/aromatic N) is 1. The SMILES string of the molecule is CC1CCC(C(=O)O)CN1C(=O)CNC(=O)c1ccccc1OC(F)F. The van der Waals surface area contributed by atoms with Crippen LogP contribution in [0.15, 0.2) is 24.3 Å². The zero-order valence-corrected chi connectivity index (χ0v) is 14.2. The van der Waals surface area contributed by atoms with E-state index < -0.39 is 30.3 Å². The Labute approximate surface area is 148 Å². The van der Waals surface area contributed by atoms with Crippen LogP contribution < -0.4 is 10.1 Å². The van der Waals surface area contributed by atoms with Crippen LogP contribution in [0.1, 0.15) is 30.1 Å². The third-order valence-corrected chi connectivity index (χ3v) is 4.30. The Hall–Kier alpha value is -2.71. The lowest BCUT2D eigenvalue weighted by Crippen LogP contribution is -2.50. The normalized spacial score (nSPS) is 19.9. The highest BCUT2D eigenvalue weighted by molar-refractivity contribution is 5.98. The lowest BCUT2D eigenvalue weighted by Gasteiger charge is -2.36. The molecule has 2 N–H and O–H groups in total. The number of rotatable bonds is 6. The molecule has 1 aliphatic heterocycles. The van der Waals surface area contributed by atoms with Crippen LogP contribution in [0.25, 0.3) is 0 Å². The van der Waals surface area contributed by atoms with E-state index in [1.807, 2.05) is 6.92 Å². The molecule has 2 rings (SSSR count). The largest absolute Gasteiger partial charge is 0.481 e. The molecule has 26 heavy (non-hydrogen) atoms. The van der Waals surface area contributed by atoms with E-state index in [1.165, 1.54) is 29.2 Å². The molecule has 1 fully saturated rings. The molecule has 0 aliphatic carbocycles. The van der Waals surface area contributed by atoms with Gasteiger partial charge in [0.25, 0.3) is 5.91 Å². The van der Waals surface area contributed by atoms with Crippen LogP contribution in [0.5, 0.6) is 5.75 Å². The average Bonchev–Trinajstić information content (AvgIpc) is 2.59. The Bertz CT molecular complexity index is 683. The summed E-state index contributed by atoms with van der Waals surface area (Å²) in [7, 11) is 0. The molecule has 0 radical (unpaired) electrons. The van der Waals surface area contributed by atoms with Gasteiger partial charge >= 0.3 is 12.6 Å². The molecule has 1 aliphatic rings. The van der Waals surface area contributed by atoms with Crippen molar-refractivity contribution in [2.24, 2.45) is 5.92 Å². The summed E-state index contributed by atoms with van der Waals surface area (Å²) < 4.78 is 29.1. The number of hydrogen-bond donors (Lipinski definition) is 2. The molecular formula is C17H20F2N2O5. The number of likely N-dealkylation sites (tertiary alicyclic amines) is 1. The maximum absolute atomic E-state index is 12.4. The number of para-hydroxylation sites is 1. The minimum atomic E-state index is -3.08. The van der Waals surface area contributed by atoms with Crippen LogP contribution in [0.3, 0.4) is 0 Å². The van der Waals surface area contributed by atoms with E-state index in [9.17, 15) is 23.2 Å². The highest BCUT2D eigenvalue weighted by Gasteiger charge is 2.32. The molecule has 2 amide bonds. The fourth-order valence-corrected chi connectivity index (χ4v) is 2.86. The summed E-state index contributed by atoms with van der Waals surface area (Å²) in [6.07, 6.45) is 1.05. The predicted octanol–water partition coefficient (Wildman–Crippen LogP) is 1.73. The van der Waals surface area contributed by atoms with Crippen molar-refractivity contribution in [2.45, 2.75) is 32.4 Å². The van der Waals surface area contributed by atoms with Crippen molar-refractivity contribution in [1.29, 1.82) is 0 Å². The van der Waals surface area contributed by atoms with Crippen molar-refractivity contribution < 1.29 is 33.0 Å². The molecule has 2 unspecified atom stereocenters. The lowest BCUT2D eigenvalue weighted by molar-refractivity contribution is -0.146. The number of carboxylic acids is 1. The highest BCUT2D eigenvalue weighted by atomic mass is 19.3. The Balaban J connectivity index is 1.98. The molecule has 142 valence electrons. The second kappa shape index (κ2) is 8.59. The van der Waals surface area contributed by atoms with Crippen LogP contribution >= 0.6 is 0 Å². The Morgan fingerprint density at radius 1 is 1.31 bits per heavy atom. The number of nitrogens with one attached hydrogen (secondary N) is 1. The molecule has 1 aromatic rings. The molecule has 7 nitrogen and oxygen atoms in total. The molecule has 2 atom stereocenters. The number of halogens is 2. The van der Waals surface area contributed by atoms with Gasteiger partial charge in [0.05, 0.1) is 18.0 Å². The summed E-state index contributed by atoms with van der Waals surface area (Å²) in [5, 5.41) is 11.5. The Kier molecular flexibility index (Phi) is 6.48. The van der Waals surface area contributed by atoms with E-state index in [1.54, 1.807) is 0 Å². The number of piperidine rings is 1. The van der Waals surface area contributed by atoms with Gasteiger partial charge in [-0.2, -0.15) is 8.78 Å². The second-order valence-electron chi connectivity index (χ2n) is 6.06. The quantitative estimate of drug-likeness (QED) is 0.795. The maximum Gasteiger partial charge on any atom is 0.387 e. The monoisotopic (exact) mass is 370 g/mol. The minimum Gasteiger partial charge on any atom is -0.481 e. The summed E-state index contributed by atoms with van der Waals surface area (Å²) in [6.45, 7) is -1.55. The van der Waals surface area contributed by atoms with E-state index in [-0.39, 0.29) is 30.4 Å². The van der Waals surface area contributed by atoms with Crippen molar-refractivity contribution >= 4 is 17.8 Å². The number of hydrogen-bond acceptors (Lipinski definition) is 4. The Morgan fingerprint density at radius 3 is 2.65 bits per heavy atom. The third kappa shape index (κ3) is 4.90. The van der Waals surface area contributed by atoms with Crippen LogP contribution in [0.2, 0.25) is 0 Å². The first kappa shape index (κ1) is 19.6. The van der Waals surface area contributed by atoms with Gasteiger partial charge in [0, 0.05) is 12.6 Å². The lowest BCUT2D eigenvalue weighted by atomic mass is 9.93. The molecule has 0 aromatic heterocycles. The maximum atomic E-state index is 12.4.